The summed E-state index contributed by atoms with van der Waals surface area (Å²) in [5, 5.41) is 9.52. The van der Waals surface area contributed by atoms with Crippen molar-refractivity contribution in [1.29, 1.82) is 0 Å². The first-order valence-corrected chi connectivity index (χ1v) is 7.93. The molecule has 1 fully saturated rings. The number of nitrogens with zero attached hydrogens (tertiary/aromatic N) is 1. The smallest absolute Gasteiger partial charge is 0.226 e. The molecule has 6 heteroatoms. The van der Waals surface area contributed by atoms with Crippen LogP contribution >= 0.6 is 24.0 Å². The molecule has 1 amide bonds. The second-order valence-electron chi connectivity index (χ2n) is 6.09. The molecule has 2 rings (SSSR count). The van der Waals surface area contributed by atoms with Gasteiger partial charge in [0.05, 0.1) is 0 Å². The second kappa shape index (κ2) is 9.75. The number of amides is 1. The Kier molecular flexibility index (Phi) is 8.36. The number of halogens is 1. The van der Waals surface area contributed by atoms with Gasteiger partial charge in [-0.1, -0.05) is 26.0 Å². The van der Waals surface area contributed by atoms with Crippen LogP contribution in [0, 0.1) is 11.8 Å². The number of hydrogen-bond acceptors (Lipinski definition) is 2. The van der Waals surface area contributed by atoms with E-state index in [2.05, 4.69) is 20.9 Å². The number of rotatable bonds is 6. The summed E-state index contributed by atoms with van der Waals surface area (Å²) in [7, 11) is 1.78. The minimum Gasteiger partial charge on any atom is -0.356 e. The van der Waals surface area contributed by atoms with E-state index in [1.165, 1.54) is 12.8 Å². The summed E-state index contributed by atoms with van der Waals surface area (Å²) in [4.78, 5) is 15.9. The standard InChI is InChI=1S/C17H26N4O.HI/c1-12(2)16(22)21-15-8-6-14(7-9-15)11-20-17(18-3)19-10-13-4-5-13;/h6-9,12-13H,4-5,10-11H2,1-3H3,(H,21,22)(H2,18,19,20);1H. The third kappa shape index (κ3) is 7.20. The normalized spacial score (nSPS) is 14.2. The molecule has 3 N–H and O–H groups in total. The molecule has 0 atom stereocenters. The second-order valence-corrected chi connectivity index (χ2v) is 6.09. The molecule has 1 saturated carbocycles. The predicted molar refractivity (Wildman–Crippen MR) is 106 cm³/mol. The summed E-state index contributed by atoms with van der Waals surface area (Å²) in [6.07, 6.45) is 2.65. The first kappa shape index (κ1) is 19.7. The molecule has 1 aromatic rings. The molecule has 1 aliphatic rings. The highest BCUT2D eigenvalue weighted by atomic mass is 127. The van der Waals surface area contributed by atoms with Crippen LogP contribution in [0.5, 0.6) is 0 Å². The van der Waals surface area contributed by atoms with E-state index >= 15 is 0 Å². The van der Waals surface area contributed by atoms with Gasteiger partial charge in [-0.15, -0.1) is 24.0 Å². The van der Waals surface area contributed by atoms with Gasteiger partial charge in [0.15, 0.2) is 5.96 Å². The minimum absolute atomic E-state index is 0. The predicted octanol–water partition coefficient (Wildman–Crippen LogP) is 2.97. The van der Waals surface area contributed by atoms with Gasteiger partial charge in [-0.3, -0.25) is 9.79 Å². The Morgan fingerprint density at radius 3 is 2.39 bits per heavy atom. The van der Waals surface area contributed by atoms with Gasteiger partial charge in [-0.2, -0.15) is 0 Å². The lowest BCUT2D eigenvalue weighted by molar-refractivity contribution is -0.118. The van der Waals surface area contributed by atoms with Crippen molar-refractivity contribution < 1.29 is 4.79 Å². The maximum Gasteiger partial charge on any atom is 0.226 e. The summed E-state index contributed by atoms with van der Waals surface area (Å²) in [5.74, 6) is 1.68. The Morgan fingerprint density at radius 1 is 1.22 bits per heavy atom. The number of carbonyl (C=O) groups excluding carboxylic acids is 1. The van der Waals surface area contributed by atoms with Crippen molar-refractivity contribution in [2.45, 2.75) is 33.2 Å². The van der Waals surface area contributed by atoms with Gasteiger partial charge in [0, 0.05) is 31.7 Å². The van der Waals surface area contributed by atoms with E-state index in [-0.39, 0.29) is 35.8 Å². The van der Waals surface area contributed by atoms with Crippen LogP contribution < -0.4 is 16.0 Å². The highest BCUT2D eigenvalue weighted by Gasteiger charge is 2.20. The number of aliphatic imine (C=N–C) groups is 1. The fraction of sp³-hybridized carbons (Fsp3) is 0.529. The molecule has 0 radical (unpaired) electrons. The van der Waals surface area contributed by atoms with E-state index in [4.69, 9.17) is 0 Å². The van der Waals surface area contributed by atoms with Gasteiger partial charge in [0.25, 0.3) is 0 Å². The lowest BCUT2D eigenvalue weighted by atomic mass is 10.1. The molecule has 23 heavy (non-hydrogen) atoms. The van der Waals surface area contributed by atoms with Gasteiger partial charge in [-0.25, -0.2) is 0 Å². The van der Waals surface area contributed by atoms with Crippen molar-refractivity contribution in [1.82, 2.24) is 10.6 Å². The Hall–Kier alpha value is -1.31. The minimum atomic E-state index is -0.0118. The van der Waals surface area contributed by atoms with Crippen LogP contribution in [0.4, 0.5) is 5.69 Å². The zero-order valence-corrected chi connectivity index (χ0v) is 16.4. The van der Waals surface area contributed by atoms with Crippen LogP contribution in [-0.4, -0.2) is 25.5 Å². The Balaban J connectivity index is 0.00000264. The Morgan fingerprint density at radius 2 is 1.87 bits per heavy atom. The maximum absolute atomic E-state index is 11.6. The summed E-state index contributed by atoms with van der Waals surface area (Å²) in [6.45, 7) is 5.48. The average Bonchev–Trinajstić information content (AvgIpc) is 3.33. The number of anilines is 1. The fourth-order valence-electron chi connectivity index (χ4n) is 1.96. The van der Waals surface area contributed by atoms with Gasteiger partial charge in [-0.05, 0) is 36.5 Å². The fourth-order valence-corrected chi connectivity index (χ4v) is 1.96. The van der Waals surface area contributed by atoms with E-state index < -0.39 is 0 Å². The molecule has 1 aliphatic carbocycles. The number of hydrogen-bond donors (Lipinski definition) is 3. The molecule has 0 bridgehead atoms. The summed E-state index contributed by atoms with van der Waals surface area (Å²) in [6, 6.07) is 7.88. The van der Waals surface area contributed by atoms with Gasteiger partial charge in [0.1, 0.15) is 0 Å². The van der Waals surface area contributed by atoms with Crippen LogP contribution in [-0.2, 0) is 11.3 Å². The molecule has 1 aromatic carbocycles. The molecule has 5 nitrogen and oxygen atoms in total. The molecular weight excluding hydrogens is 403 g/mol. The van der Waals surface area contributed by atoms with E-state index in [1.54, 1.807) is 7.05 Å². The highest BCUT2D eigenvalue weighted by molar-refractivity contribution is 14.0. The van der Waals surface area contributed by atoms with Crippen molar-refractivity contribution >= 4 is 41.5 Å². The monoisotopic (exact) mass is 430 g/mol. The summed E-state index contributed by atoms with van der Waals surface area (Å²) >= 11 is 0. The third-order valence-electron chi connectivity index (χ3n) is 3.68. The van der Waals surface area contributed by atoms with Gasteiger partial charge >= 0.3 is 0 Å². The van der Waals surface area contributed by atoms with E-state index in [9.17, 15) is 4.79 Å². The average molecular weight is 430 g/mol. The Labute approximate surface area is 155 Å². The zero-order valence-electron chi connectivity index (χ0n) is 14.1. The first-order valence-electron chi connectivity index (χ1n) is 7.93. The highest BCUT2D eigenvalue weighted by Crippen LogP contribution is 2.27. The number of carbonyl (C=O) groups is 1. The third-order valence-corrected chi connectivity index (χ3v) is 3.68. The summed E-state index contributed by atoms with van der Waals surface area (Å²) in [5.41, 5.74) is 1.98. The first-order chi connectivity index (χ1) is 10.6. The Bertz CT molecular complexity index is 524. The largest absolute Gasteiger partial charge is 0.356 e. The van der Waals surface area contributed by atoms with Crippen molar-refractivity contribution in [2.24, 2.45) is 16.8 Å². The van der Waals surface area contributed by atoms with Crippen LogP contribution in [0.1, 0.15) is 32.3 Å². The topological polar surface area (TPSA) is 65.5 Å². The zero-order chi connectivity index (χ0) is 15.9. The molecule has 0 aromatic heterocycles. The number of benzene rings is 1. The molecule has 0 spiro atoms. The van der Waals surface area contributed by atoms with Gasteiger partial charge < -0.3 is 16.0 Å². The van der Waals surface area contributed by atoms with E-state index in [1.807, 2.05) is 38.1 Å². The molecule has 0 saturated heterocycles. The molecular formula is C17H27IN4O. The van der Waals surface area contributed by atoms with E-state index in [0.29, 0.717) is 6.54 Å². The van der Waals surface area contributed by atoms with Crippen LogP contribution in [0.3, 0.4) is 0 Å². The molecule has 0 aliphatic heterocycles. The lowest BCUT2D eigenvalue weighted by Crippen LogP contribution is -2.37. The van der Waals surface area contributed by atoms with Crippen molar-refractivity contribution in [2.75, 3.05) is 18.9 Å². The van der Waals surface area contributed by atoms with Crippen molar-refractivity contribution in [3.63, 3.8) is 0 Å². The SMILES string of the molecule is CN=C(NCc1ccc(NC(=O)C(C)C)cc1)NCC1CC1.I. The molecule has 0 unspecified atom stereocenters. The molecule has 0 heterocycles. The maximum atomic E-state index is 11.6. The summed E-state index contributed by atoms with van der Waals surface area (Å²) < 4.78 is 0. The van der Waals surface area contributed by atoms with Gasteiger partial charge in [0.2, 0.25) is 5.91 Å². The molecule has 128 valence electrons. The van der Waals surface area contributed by atoms with Crippen molar-refractivity contribution in [3.8, 4) is 0 Å². The van der Waals surface area contributed by atoms with Crippen LogP contribution in [0.15, 0.2) is 29.3 Å². The quantitative estimate of drug-likeness (QED) is 0.370. The van der Waals surface area contributed by atoms with Crippen LogP contribution in [0.25, 0.3) is 0 Å². The number of guanidine groups is 1. The van der Waals surface area contributed by atoms with Crippen LogP contribution in [0.2, 0.25) is 0 Å². The van der Waals surface area contributed by atoms with Crippen molar-refractivity contribution in [3.05, 3.63) is 29.8 Å². The number of nitrogens with one attached hydrogen (secondary N) is 3. The lowest BCUT2D eigenvalue weighted by Gasteiger charge is -2.12. The van der Waals surface area contributed by atoms with E-state index in [0.717, 1.165) is 29.7 Å².